The number of methoxy groups -OCH3 is 1. The Labute approximate surface area is 97.2 Å². The molecule has 1 aromatic heterocycles. The van der Waals surface area contributed by atoms with Crippen molar-refractivity contribution < 1.29 is 9.15 Å². The van der Waals surface area contributed by atoms with E-state index in [0.29, 0.717) is 12.1 Å². The van der Waals surface area contributed by atoms with Gasteiger partial charge in [0.25, 0.3) is 0 Å². The molecule has 0 saturated heterocycles. The normalized spacial score (nSPS) is 27.9. The number of hydrogen-bond donors (Lipinski definition) is 1. The van der Waals surface area contributed by atoms with Gasteiger partial charge in [0.15, 0.2) is 0 Å². The minimum atomic E-state index is 0.260. The largest absolute Gasteiger partial charge is 0.468 e. The van der Waals surface area contributed by atoms with Gasteiger partial charge in [-0.15, -0.1) is 0 Å². The molecule has 0 radical (unpaired) electrons. The first kappa shape index (κ1) is 11.7. The second kappa shape index (κ2) is 5.51. The zero-order valence-electron chi connectivity index (χ0n) is 10.1. The van der Waals surface area contributed by atoms with Crippen LogP contribution in [0.5, 0.6) is 0 Å². The lowest BCUT2D eigenvalue weighted by atomic mass is 9.92. The van der Waals surface area contributed by atoms with Gasteiger partial charge in [0, 0.05) is 13.2 Å². The molecule has 2 unspecified atom stereocenters. The Bertz CT molecular complexity index is 297. The Kier molecular flexibility index (Phi) is 4.02. The SMILES string of the molecule is COC1CCCCC1N[C@H](C)c1ccco1. The first-order valence-electron chi connectivity index (χ1n) is 6.13. The maximum absolute atomic E-state index is 5.53. The molecule has 1 heterocycles. The predicted molar refractivity (Wildman–Crippen MR) is 63.3 cm³/mol. The molecule has 1 fully saturated rings. The zero-order valence-corrected chi connectivity index (χ0v) is 10.1. The van der Waals surface area contributed by atoms with Crippen molar-refractivity contribution in [2.45, 2.75) is 50.8 Å². The summed E-state index contributed by atoms with van der Waals surface area (Å²) in [5.74, 6) is 1.00. The third-order valence-electron chi connectivity index (χ3n) is 3.44. The van der Waals surface area contributed by atoms with Gasteiger partial charge in [-0.1, -0.05) is 12.8 Å². The van der Waals surface area contributed by atoms with Gasteiger partial charge in [-0.2, -0.15) is 0 Å². The number of rotatable bonds is 4. The molecule has 0 bridgehead atoms. The van der Waals surface area contributed by atoms with E-state index in [1.54, 1.807) is 6.26 Å². The molecule has 3 heteroatoms. The van der Waals surface area contributed by atoms with E-state index in [0.717, 1.165) is 5.76 Å². The van der Waals surface area contributed by atoms with Crippen molar-refractivity contribution in [3.63, 3.8) is 0 Å². The van der Waals surface area contributed by atoms with Gasteiger partial charge in [-0.3, -0.25) is 0 Å². The highest BCUT2D eigenvalue weighted by molar-refractivity contribution is 5.04. The third-order valence-corrected chi connectivity index (χ3v) is 3.44. The second-order valence-corrected chi connectivity index (χ2v) is 4.57. The van der Waals surface area contributed by atoms with Gasteiger partial charge < -0.3 is 14.5 Å². The highest BCUT2D eigenvalue weighted by Crippen LogP contribution is 2.23. The molecule has 3 nitrogen and oxygen atoms in total. The minimum Gasteiger partial charge on any atom is -0.468 e. The lowest BCUT2D eigenvalue weighted by molar-refractivity contribution is 0.0375. The van der Waals surface area contributed by atoms with E-state index in [4.69, 9.17) is 9.15 Å². The molecule has 1 aliphatic carbocycles. The summed E-state index contributed by atoms with van der Waals surface area (Å²) in [5.41, 5.74) is 0. The summed E-state index contributed by atoms with van der Waals surface area (Å²) in [6.45, 7) is 2.14. The Balaban J connectivity index is 1.92. The quantitative estimate of drug-likeness (QED) is 0.852. The Morgan fingerprint density at radius 2 is 2.25 bits per heavy atom. The summed E-state index contributed by atoms with van der Waals surface area (Å²) in [5, 5.41) is 3.60. The Morgan fingerprint density at radius 1 is 1.44 bits per heavy atom. The molecular formula is C13H21NO2. The molecular weight excluding hydrogens is 202 g/mol. The average molecular weight is 223 g/mol. The van der Waals surface area contributed by atoms with Gasteiger partial charge in [-0.25, -0.2) is 0 Å². The number of ether oxygens (including phenoxy) is 1. The van der Waals surface area contributed by atoms with E-state index in [1.807, 2.05) is 19.2 Å². The molecule has 0 aromatic carbocycles. The first-order chi connectivity index (χ1) is 7.81. The fraction of sp³-hybridized carbons (Fsp3) is 0.692. The van der Waals surface area contributed by atoms with Crippen molar-refractivity contribution in [2.75, 3.05) is 7.11 Å². The van der Waals surface area contributed by atoms with Crippen LogP contribution in [-0.4, -0.2) is 19.3 Å². The van der Waals surface area contributed by atoms with Gasteiger partial charge in [0.2, 0.25) is 0 Å². The fourth-order valence-corrected chi connectivity index (χ4v) is 2.51. The molecule has 90 valence electrons. The predicted octanol–water partition coefficient (Wildman–Crippen LogP) is 2.89. The molecule has 3 atom stereocenters. The number of furan rings is 1. The van der Waals surface area contributed by atoms with Crippen molar-refractivity contribution >= 4 is 0 Å². The maximum atomic E-state index is 5.53. The summed E-state index contributed by atoms with van der Waals surface area (Å²) < 4.78 is 10.9. The highest BCUT2D eigenvalue weighted by atomic mass is 16.5. The van der Waals surface area contributed by atoms with E-state index in [9.17, 15) is 0 Å². The zero-order chi connectivity index (χ0) is 11.4. The molecule has 2 rings (SSSR count). The first-order valence-corrected chi connectivity index (χ1v) is 6.13. The van der Waals surface area contributed by atoms with Gasteiger partial charge in [0.05, 0.1) is 18.4 Å². The Hall–Kier alpha value is -0.800. The van der Waals surface area contributed by atoms with Crippen molar-refractivity contribution in [1.82, 2.24) is 5.32 Å². The maximum Gasteiger partial charge on any atom is 0.120 e. The molecule has 16 heavy (non-hydrogen) atoms. The molecule has 0 spiro atoms. The molecule has 1 N–H and O–H groups in total. The average Bonchev–Trinajstić information content (AvgIpc) is 2.83. The van der Waals surface area contributed by atoms with Crippen LogP contribution in [0.15, 0.2) is 22.8 Å². The van der Waals surface area contributed by atoms with Crippen LogP contribution in [0.3, 0.4) is 0 Å². The van der Waals surface area contributed by atoms with E-state index in [1.165, 1.54) is 25.7 Å². The summed E-state index contributed by atoms with van der Waals surface area (Å²) in [6.07, 6.45) is 7.02. The molecule has 0 aliphatic heterocycles. The smallest absolute Gasteiger partial charge is 0.120 e. The molecule has 1 saturated carbocycles. The monoisotopic (exact) mass is 223 g/mol. The van der Waals surface area contributed by atoms with E-state index >= 15 is 0 Å². The van der Waals surface area contributed by atoms with Crippen LogP contribution in [0.1, 0.15) is 44.4 Å². The van der Waals surface area contributed by atoms with Crippen LogP contribution in [0, 0.1) is 0 Å². The van der Waals surface area contributed by atoms with Crippen LogP contribution >= 0.6 is 0 Å². The van der Waals surface area contributed by atoms with Crippen molar-refractivity contribution in [3.8, 4) is 0 Å². The van der Waals surface area contributed by atoms with Crippen molar-refractivity contribution in [1.29, 1.82) is 0 Å². The van der Waals surface area contributed by atoms with Crippen LogP contribution in [0.2, 0.25) is 0 Å². The second-order valence-electron chi connectivity index (χ2n) is 4.57. The third kappa shape index (κ3) is 2.66. The summed E-state index contributed by atoms with van der Waals surface area (Å²) in [4.78, 5) is 0. The van der Waals surface area contributed by atoms with Crippen LogP contribution in [0.25, 0.3) is 0 Å². The minimum absolute atomic E-state index is 0.260. The lowest BCUT2D eigenvalue weighted by Gasteiger charge is -2.32. The van der Waals surface area contributed by atoms with Crippen LogP contribution in [0.4, 0.5) is 0 Å². The van der Waals surface area contributed by atoms with Crippen molar-refractivity contribution in [2.24, 2.45) is 0 Å². The topological polar surface area (TPSA) is 34.4 Å². The summed E-state index contributed by atoms with van der Waals surface area (Å²) in [6, 6.07) is 4.67. The molecule has 0 amide bonds. The van der Waals surface area contributed by atoms with Gasteiger partial charge in [0.1, 0.15) is 5.76 Å². The molecule has 1 aliphatic rings. The lowest BCUT2D eigenvalue weighted by Crippen LogP contribution is -2.44. The van der Waals surface area contributed by atoms with Crippen LogP contribution in [-0.2, 0) is 4.74 Å². The number of nitrogens with one attached hydrogen (secondary N) is 1. The van der Waals surface area contributed by atoms with Gasteiger partial charge in [-0.05, 0) is 31.9 Å². The number of hydrogen-bond acceptors (Lipinski definition) is 3. The van der Waals surface area contributed by atoms with Crippen LogP contribution < -0.4 is 5.32 Å². The van der Waals surface area contributed by atoms with E-state index < -0.39 is 0 Å². The van der Waals surface area contributed by atoms with Crippen molar-refractivity contribution in [3.05, 3.63) is 24.2 Å². The molecule has 1 aromatic rings. The van der Waals surface area contributed by atoms with E-state index in [2.05, 4.69) is 12.2 Å². The summed E-state index contributed by atoms with van der Waals surface area (Å²) >= 11 is 0. The highest BCUT2D eigenvalue weighted by Gasteiger charge is 2.26. The fourth-order valence-electron chi connectivity index (χ4n) is 2.51. The van der Waals surface area contributed by atoms with E-state index in [-0.39, 0.29) is 6.04 Å². The standard InChI is InChI=1S/C13H21NO2/c1-10(12-8-5-9-16-12)14-11-6-3-4-7-13(11)15-2/h5,8-11,13-14H,3-4,6-7H2,1-2H3/t10-,11?,13?/m1/s1. The Morgan fingerprint density at radius 3 is 2.94 bits per heavy atom. The summed E-state index contributed by atoms with van der Waals surface area (Å²) in [7, 11) is 1.81. The van der Waals surface area contributed by atoms with Gasteiger partial charge >= 0.3 is 0 Å².